The smallest absolute Gasteiger partial charge is 0.241 e. The Morgan fingerprint density at radius 1 is 0.824 bits per heavy atom. The number of anilines is 1. The molecule has 2 heterocycles. The summed E-state index contributed by atoms with van der Waals surface area (Å²) in [7, 11) is 0. The SMILES string of the molecule is O=C1[C@@H]2[C@@H](c3cccc(Br)c3)OC3(C(=O)c4ccccc4C3=O)[C@H]2C(=O)N1c1ccc(F)cc1. The van der Waals surface area contributed by atoms with Crippen molar-refractivity contribution >= 4 is 45.0 Å². The number of rotatable bonds is 2. The van der Waals surface area contributed by atoms with E-state index in [2.05, 4.69) is 15.9 Å². The number of fused-ring (bicyclic) bond motifs is 3. The molecule has 3 atom stereocenters. The highest BCUT2D eigenvalue weighted by atomic mass is 79.9. The molecular formula is C26H15BrFNO5. The first-order valence-electron chi connectivity index (χ1n) is 10.6. The number of ether oxygens (including phenoxy) is 1. The molecule has 2 fully saturated rings. The maximum Gasteiger partial charge on any atom is 0.241 e. The molecule has 34 heavy (non-hydrogen) atoms. The molecular weight excluding hydrogens is 505 g/mol. The Bertz CT molecular complexity index is 1380. The monoisotopic (exact) mass is 519 g/mol. The molecule has 2 amide bonds. The molecule has 2 saturated heterocycles. The average Bonchev–Trinajstić information content (AvgIpc) is 3.40. The van der Waals surface area contributed by atoms with E-state index in [0.29, 0.717) is 10.0 Å². The first-order chi connectivity index (χ1) is 16.3. The van der Waals surface area contributed by atoms with E-state index in [-0.39, 0.29) is 16.8 Å². The molecule has 0 radical (unpaired) electrons. The van der Waals surface area contributed by atoms with Gasteiger partial charge in [-0.15, -0.1) is 0 Å². The summed E-state index contributed by atoms with van der Waals surface area (Å²) in [5.74, 6) is -5.53. The highest BCUT2D eigenvalue weighted by Gasteiger charge is 2.74. The van der Waals surface area contributed by atoms with Crippen LogP contribution in [0.15, 0.2) is 77.3 Å². The van der Waals surface area contributed by atoms with Crippen LogP contribution in [0.4, 0.5) is 10.1 Å². The number of nitrogens with zero attached hydrogens (tertiary/aromatic N) is 1. The van der Waals surface area contributed by atoms with Crippen LogP contribution in [0.2, 0.25) is 0 Å². The van der Waals surface area contributed by atoms with Gasteiger partial charge in [0.1, 0.15) is 5.82 Å². The number of halogens is 2. The van der Waals surface area contributed by atoms with E-state index in [1.54, 1.807) is 36.4 Å². The van der Waals surface area contributed by atoms with Crippen LogP contribution in [0.3, 0.4) is 0 Å². The first kappa shape index (κ1) is 21.1. The van der Waals surface area contributed by atoms with Gasteiger partial charge in [-0.05, 0) is 42.0 Å². The van der Waals surface area contributed by atoms with Crippen molar-refractivity contribution in [3.05, 3.63) is 99.8 Å². The Morgan fingerprint density at radius 2 is 1.47 bits per heavy atom. The predicted molar refractivity (Wildman–Crippen MR) is 122 cm³/mol. The van der Waals surface area contributed by atoms with Crippen LogP contribution in [-0.4, -0.2) is 29.0 Å². The lowest BCUT2D eigenvalue weighted by molar-refractivity contribution is -0.127. The maximum atomic E-state index is 13.7. The van der Waals surface area contributed by atoms with Crippen LogP contribution < -0.4 is 4.90 Å². The Labute approximate surface area is 201 Å². The number of Topliss-reactive ketones (excluding diaryl/α,β-unsaturated/α-hetero) is 2. The van der Waals surface area contributed by atoms with Crippen molar-refractivity contribution in [1.29, 1.82) is 0 Å². The van der Waals surface area contributed by atoms with E-state index >= 15 is 0 Å². The number of ketones is 2. The number of hydrogen-bond acceptors (Lipinski definition) is 5. The van der Waals surface area contributed by atoms with Crippen LogP contribution in [-0.2, 0) is 14.3 Å². The van der Waals surface area contributed by atoms with Crippen LogP contribution in [0, 0.1) is 17.7 Å². The molecule has 0 aromatic heterocycles. The summed E-state index contributed by atoms with van der Waals surface area (Å²) in [5, 5.41) is 0. The Balaban J connectivity index is 1.55. The van der Waals surface area contributed by atoms with Crippen LogP contribution in [0.25, 0.3) is 0 Å². The molecule has 0 unspecified atom stereocenters. The normalized spacial score (nSPS) is 24.8. The second kappa shape index (κ2) is 7.25. The fourth-order valence-electron chi connectivity index (χ4n) is 5.35. The number of hydrogen-bond donors (Lipinski definition) is 0. The largest absolute Gasteiger partial charge is 0.349 e. The van der Waals surface area contributed by atoms with E-state index in [9.17, 15) is 23.6 Å². The zero-order valence-corrected chi connectivity index (χ0v) is 19.0. The van der Waals surface area contributed by atoms with E-state index in [0.717, 1.165) is 17.0 Å². The standard InChI is InChI=1S/C26H15BrFNO5/c27-14-5-3-4-13(12-14)21-19-20(25(33)29(24(19)32)16-10-8-15(28)9-11-16)26(34-21)22(30)17-6-1-2-7-18(17)23(26)31/h1-12,19-21H/t19-,20+,21+/m0/s1. The molecule has 3 aromatic carbocycles. The molecule has 1 spiro atoms. The van der Waals surface area contributed by atoms with Crippen molar-refractivity contribution in [2.75, 3.05) is 4.90 Å². The van der Waals surface area contributed by atoms with Crippen molar-refractivity contribution in [2.45, 2.75) is 11.7 Å². The lowest BCUT2D eigenvalue weighted by Gasteiger charge is -2.27. The molecule has 168 valence electrons. The number of carbonyl (C=O) groups excluding carboxylic acids is 4. The van der Waals surface area contributed by atoms with E-state index in [1.165, 1.54) is 24.3 Å². The summed E-state index contributed by atoms with van der Waals surface area (Å²) in [6.45, 7) is 0. The van der Waals surface area contributed by atoms with Gasteiger partial charge in [-0.25, -0.2) is 9.29 Å². The van der Waals surface area contributed by atoms with Crippen LogP contribution in [0.1, 0.15) is 32.4 Å². The number of benzene rings is 3. The van der Waals surface area contributed by atoms with E-state index < -0.39 is 52.7 Å². The lowest BCUT2D eigenvalue weighted by atomic mass is 9.77. The van der Waals surface area contributed by atoms with Gasteiger partial charge in [0.25, 0.3) is 0 Å². The molecule has 1 aliphatic carbocycles. The molecule has 2 aliphatic heterocycles. The van der Waals surface area contributed by atoms with Crippen molar-refractivity contribution in [2.24, 2.45) is 11.8 Å². The third-order valence-corrected chi connectivity index (χ3v) is 7.27. The van der Waals surface area contributed by atoms with Crippen molar-refractivity contribution in [1.82, 2.24) is 0 Å². The van der Waals surface area contributed by atoms with Gasteiger partial charge in [0.15, 0.2) is 0 Å². The molecule has 8 heteroatoms. The molecule has 6 rings (SSSR count). The van der Waals surface area contributed by atoms with Gasteiger partial charge in [-0.1, -0.05) is 52.3 Å². The minimum Gasteiger partial charge on any atom is -0.349 e. The zero-order valence-electron chi connectivity index (χ0n) is 17.4. The Hall–Kier alpha value is -3.49. The molecule has 3 aliphatic rings. The summed E-state index contributed by atoms with van der Waals surface area (Å²) in [6.07, 6.45) is -1.01. The maximum absolute atomic E-state index is 13.7. The van der Waals surface area contributed by atoms with Crippen molar-refractivity contribution < 1.29 is 28.3 Å². The van der Waals surface area contributed by atoms with Crippen LogP contribution >= 0.6 is 15.9 Å². The lowest BCUT2D eigenvalue weighted by Crippen LogP contribution is -2.51. The minimum absolute atomic E-state index is 0.168. The van der Waals surface area contributed by atoms with Gasteiger partial charge in [-0.2, -0.15) is 0 Å². The molecule has 0 bridgehead atoms. The third kappa shape index (κ3) is 2.63. The van der Waals surface area contributed by atoms with Gasteiger partial charge in [0, 0.05) is 15.6 Å². The summed E-state index contributed by atoms with van der Waals surface area (Å²) >= 11 is 3.40. The summed E-state index contributed by atoms with van der Waals surface area (Å²) in [5.41, 5.74) is -1.07. The fourth-order valence-corrected chi connectivity index (χ4v) is 5.76. The highest BCUT2D eigenvalue weighted by Crippen LogP contribution is 2.57. The second-order valence-corrected chi connectivity index (χ2v) is 9.44. The average molecular weight is 520 g/mol. The van der Waals surface area contributed by atoms with Gasteiger partial charge >= 0.3 is 0 Å². The topological polar surface area (TPSA) is 80.8 Å². The summed E-state index contributed by atoms with van der Waals surface area (Å²) < 4.78 is 20.4. The van der Waals surface area contributed by atoms with Gasteiger partial charge in [0.05, 0.1) is 23.6 Å². The number of amides is 2. The third-order valence-electron chi connectivity index (χ3n) is 6.78. The highest BCUT2D eigenvalue weighted by molar-refractivity contribution is 9.10. The van der Waals surface area contributed by atoms with Gasteiger partial charge < -0.3 is 4.74 Å². The van der Waals surface area contributed by atoms with Crippen molar-refractivity contribution in [3.8, 4) is 0 Å². The fraction of sp³-hybridized carbons (Fsp3) is 0.154. The number of carbonyl (C=O) groups is 4. The Kier molecular flexibility index (Phi) is 4.49. The molecule has 6 nitrogen and oxygen atoms in total. The van der Waals surface area contributed by atoms with Gasteiger partial charge in [-0.3, -0.25) is 19.2 Å². The van der Waals surface area contributed by atoms with Crippen LogP contribution in [0.5, 0.6) is 0 Å². The number of imide groups is 1. The van der Waals surface area contributed by atoms with Crippen molar-refractivity contribution in [3.63, 3.8) is 0 Å². The van der Waals surface area contributed by atoms with Gasteiger partial charge in [0.2, 0.25) is 29.0 Å². The zero-order chi connectivity index (χ0) is 23.8. The summed E-state index contributed by atoms with van der Waals surface area (Å²) in [4.78, 5) is 55.7. The predicted octanol–water partition coefficient (Wildman–Crippen LogP) is 4.28. The first-order valence-corrected chi connectivity index (χ1v) is 11.4. The summed E-state index contributed by atoms with van der Waals surface area (Å²) in [6, 6.07) is 18.2. The minimum atomic E-state index is -2.14. The van der Waals surface area contributed by atoms with E-state index in [4.69, 9.17) is 4.74 Å². The molecule has 0 N–H and O–H groups in total. The quantitative estimate of drug-likeness (QED) is 0.372. The molecule has 0 saturated carbocycles. The second-order valence-electron chi connectivity index (χ2n) is 8.52. The molecule has 3 aromatic rings. The Morgan fingerprint density at radius 3 is 2.09 bits per heavy atom. The van der Waals surface area contributed by atoms with E-state index in [1.807, 2.05) is 0 Å².